The van der Waals surface area contributed by atoms with Gasteiger partial charge in [0.15, 0.2) is 0 Å². The number of hydrogen-bond acceptors (Lipinski definition) is 5. The van der Waals surface area contributed by atoms with Gasteiger partial charge in [-0.3, -0.25) is 0 Å². The Labute approximate surface area is 133 Å². The Morgan fingerprint density at radius 2 is 2.09 bits per heavy atom. The predicted octanol–water partition coefficient (Wildman–Crippen LogP) is 2.62. The second kappa shape index (κ2) is 5.75. The lowest BCUT2D eigenvalue weighted by Crippen LogP contribution is -2.38. The number of methoxy groups -OCH3 is 1. The van der Waals surface area contributed by atoms with Crippen molar-refractivity contribution in [2.24, 2.45) is 0 Å². The lowest BCUT2D eigenvalue weighted by atomic mass is 10.1. The Morgan fingerprint density at radius 1 is 1.27 bits per heavy atom. The fourth-order valence-corrected chi connectivity index (χ4v) is 3.93. The third kappa shape index (κ3) is 2.87. The van der Waals surface area contributed by atoms with Gasteiger partial charge in [0.05, 0.1) is 30.0 Å². The van der Waals surface area contributed by atoms with Crippen LogP contribution < -0.4 is 10.2 Å². The summed E-state index contributed by atoms with van der Waals surface area (Å²) < 4.78 is 30.7. The Kier molecular flexibility index (Phi) is 3.94. The molecule has 7 heteroatoms. The fraction of sp³-hybridized carbons (Fsp3) is 0.200. The maximum absolute atomic E-state index is 12.1. The minimum absolute atomic E-state index is 0.401. The molecular weight excluding hydrogens is 320 g/mol. The van der Waals surface area contributed by atoms with E-state index >= 15 is 0 Å². The SMILES string of the molecule is COc1cccc([C@@H]2C=C(c3cccs3)NN2S(C)(=O)=O)c1. The summed E-state index contributed by atoms with van der Waals surface area (Å²) in [7, 11) is -1.82. The van der Waals surface area contributed by atoms with Crippen LogP contribution in [0.5, 0.6) is 5.75 Å². The van der Waals surface area contributed by atoms with Crippen LogP contribution in [0.1, 0.15) is 16.5 Å². The van der Waals surface area contributed by atoms with Crippen LogP contribution in [0.25, 0.3) is 5.70 Å². The molecule has 2 heterocycles. The lowest BCUT2D eigenvalue weighted by Gasteiger charge is -2.23. The molecule has 1 aromatic heterocycles. The minimum Gasteiger partial charge on any atom is -0.497 e. The van der Waals surface area contributed by atoms with Gasteiger partial charge < -0.3 is 10.2 Å². The molecule has 0 saturated heterocycles. The summed E-state index contributed by atoms with van der Waals surface area (Å²) in [6.45, 7) is 0. The van der Waals surface area contributed by atoms with Gasteiger partial charge in [-0.05, 0) is 35.2 Å². The number of nitrogens with one attached hydrogen (secondary N) is 1. The number of benzene rings is 1. The molecule has 5 nitrogen and oxygen atoms in total. The molecule has 1 aliphatic heterocycles. The molecule has 0 bridgehead atoms. The molecule has 0 aliphatic carbocycles. The highest BCUT2D eigenvalue weighted by molar-refractivity contribution is 7.88. The molecule has 1 aliphatic rings. The van der Waals surface area contributed by atoms with Crippen molar-refractivity contribution < 1.29 is 13.2 Å². The van der Waals surface area contributed by atoms with Crippen molar-refractivity contribution >= 4 is 27.1 Å². The van der Waals surface area contributed by atoms with Crippen LogP contribution in [-0.4, -0.2) is 26.2 Å². The van der Waals surface area contributed by atoms with Crippen molar-refractivity contribution in [2.75, 3.05) is 13.4 Å². The van der Waals surface area contributed by atoms with Gasteiger partial charge in [-0.2, -0.15) is 0 Å². The third-order valence-corrected chi connectivity index (χ3v) is 5.32. The number of nitrogens with zero attached hydrogens (tertiary/aromatic N) is 1. The van der Waals surface area contributed by atoms with E-state index in [1.54, 1.807) is 18.4 Å². The summed E-state index contributed by atoms with van der Waals surface area (Å²) in [5, 5.41) is 1.96. The van der Waals surface area contributed by atoms with E-state index in [1.807, 2.05) is 47.9 Å². The van der Waals surface area contributed by atoms with Crippen molar-refractivity contribution in [3.63, 3.8) is 0 Å². The molecule has 2 aromatic rings. The van der Waals surface area contributed by atoms with Gasteiger partial charge in [0.2, 0.25) is 10.0 Å². The van der Waals surface area contributed by atoms with Crippen molar-refractivity contribution in [1.29, 1.82) is 0 Å². The average Bonchev–Trinajstić information content (AvgIpc) is 3.15. The molecule has 22 heavy (non-hydrogen) atoms. The first-order valence-corrected chi connectivity index (χ1v) is 9.37. The smallest absolute Gasteiger partial charge is 0.228 e. The maximum Gasteiger partial charge on any atom is 0.228 e. The van der Waals surface area contributed by atoms with E-state index < -0.39 is 16.1 Å². The number of thiophene rings is 1. The summed E-state index contributed by atoms with van der Waals surface area (Å²) >= 11 is 1.56. The zero-order chi connectivity index (χ0) is 15.7. The van der Waals surface area contributed by atoms with Gasteiger partial charge >= 0.3 is 0 Å². The fourth-order valence-electron chi connectivity index (χ4n) is 2.37. The predicted molar refractivity (Wildman–Crippen MR) is 87.8 cm³/mol. The van der Waals surface area contributed by atoms with Gasteiger partial charge in [-0.25, -0.2) is 8.42 Å². The van der Waals surface area contributed by atoms with E-state index in [2.05, 4.69) is 5.43 Å². The van der Waals surface area contributed by atoms with Gasteiger partial charge in [-0.1, -0.05) is 18.2 Å². The van der Waals surface area contributed by atoms with E-state index in [4.69, 9.17) is 4.74 Å². The van der Waals surface area contributed by atoms with Crippen molar-refractivity contribution in [2.45, 2.75) is 6.04 Å². The largest absolute Gasteiger partial charge is 0.497 e. The highest BCUT2D eigenvalue weighted by atomic mass is 32.2. The summed E-state index contributed by atoms with van der Waals surface area (Å²) in [6.07, 6.45) is 3.11. The Hall–Kier alpha value is -1.83. The molecule has 0 unspecified atom stereocenters. The van der Waals surface area contributed by atoms with E-state index in [1.165, 1.54) is 10.7 Å². The van der Waals surface area contributed by atoms with Crippen LogP contribution in [0, 0.1) is 0 Å². The normalized spacial score (nSPS) is 18.8. The maximum atomic E-state index is 12.1. The summed E-state index contributed by atoms with van der Waals surface area (Å²) in [5.74, 6) is 0.698. The Balaban J connectivity index is 2.04. The Morgan fingerprint density at radius 3 is 2.73 bits per heavy atom. The molecule has 0 spiro atoms. The van der Waals surface area contributed by atoms with Crippen LogP contribution in [-0.2, 0) is 10.0 Å². The number of rotatable bonds is 4. The minimum atomic E-state index is -3.41. The quantitative estimate of drug-likeness (QED) is 0.932. The monoisotopic (exact) mass is 336 g/mol. The van der Waals surface area contributed by atoms with Crippen LogP contribution in [0.4, 0.5) is 0 Å². The molecule has 1 aromatic carbocycles. The topological polar surface area (TPSA) is 58.6 Å². The zero-order valence-electron chi connectivity index (χ0n) is 12.2. The highest BCUT2D eigenvalue weighted by Gasteiger charge is 2.33. The van der Waals surface area contributed by atoms with E-state index in [-0.39, 0.29) is 0 Å². The molecule has 0 radical (unpaired) electrons. The molecule has 3 rings (SSSR count). The van der Waals surface area contributed by atoms with Gasteiger partial charge in [0, 0.05) is 0 Å². The highest BCUT2D eigenvalue weighted by Crippen LogP contribution is 2.35. The number of hydrazine groups is 1. The van der Waals surface area contributed by atoms with Crippen LogP contribution >= 0.6 is 11.3 Å². The number of hydrogen-bond donors (Lipinski definition) is 1. The molecule has 116 valence electrons. The molecule has 0 fully saturated rings. The average molecular weight is 336 g/mol. The third-order valence-electron chi connectivity index (χ3n) is 3.39. The summed E-state index contributed by atoms with van der Waals surface area (Å²) in [5.41, 5.74) is 4.65. The van der Waals surface area contributed by atoms with E-state index in [0.29, 0.717) is 5.75 Å². The number of ether oxygens (including phenoxy) is 1. The summed E-state index contributed by atoms with van der Waals surface area (Å²) in [6, 6.07) is 10.9. The first kappa shape index (κ1) is 15.1. The molecule has 1 N–H and O–H groups in total. The van der Waals surface area contributed by atoms with Crippen LogP contribution in [0.15, 0.2) is 47.9 Å². The zero-order valence-corrected chi connectivity index (χ0v) is 13.8. The molecular formula is C15H16N2O3S2. The second-order valence-electron chi connectivity index (χ2n) is 4.95. The van der Waals surface area contributed by atoms with Crippen molar-refractivity contribution in [3.05, 3.63) is 58.3 Å². The van der Waals surface area contributed by atoms with E-state index in [9.17, 15) is 8.42 Å². The first-order valence-electron chi connectivity index (χ1n) is 6.65. The van der Waals surface area contributed by atoms with Crippen LogP contribution in [0.2, 0.25) is 0 Å². The lowest BCUT2D eigenvalue weighted by molar-refractivity contribution is 0.349. The van der Waals surface area contributed by atoms with Crippen molar-refractivity contribution in [1.82, 2.24) is 9.84 Å². The standard InChI is InChI=1S/C15H16N2O3S2/c1-20-12-6-3-5-11(9-12)14-10-13(15-7-4-8-21-15)16-17(14)22(2,18)19/h3-10,14,16H,1-2H3/t14-/m0/s1. The summed E-state index contributed by atoms with van der Waals surface area (Å²) in [4.78, 5) is 0.999. The van der Waals surface area contributed by atoms with Crippen LogP contribution in [0.3, 0.4) is 0 Å². The molecule has 0 amide bonds. The molecule has 0 saturated carbocycles. The molecule has 1 atom stereocenters. The van der Waals surface area contributed by atoms with Gasteiger partial charge in [-0.15, -0.1) is 15.8 Å². The second-order valence-corrected chi connectivity index (χ2v) is 7.76. The van der Waals surface area contributed by atoms with Gasteiger partial charge in [0.25, 0.3) is 0 Å². The Bertz CT molecular complexity index is 798. The van der Waals surface area contributed by atoms with E-state index in [0.717, 1.165) is 16.1 Å². The van der Waals surface area contributed by atoms with Crippen molar-refractivity contribution in [3.8, 4) is 5.75 Å². The first-order chi connectivity index (χ1) is 10.5. The van der Waals surface area contributed by atoms with Gasteiger partial charge in [0.1, 0.15) is 5.75 Å². The number of sulfonamides is 1.